The van der Waals surface area contributed by atoms with Gasteiger partial charge in [0.05, 0.1) is 10.9 Å². The molecule has 1 saturated heterocycles. The molecule has 7 heteroatoms. The number of ether oxygens (including phenoxy) is 1. The van der Waals surface area contributed by atoms with Crippen molar-refractivity contribution in [3.63, 3.8) is 0 Å². The minimum Gasteiger partial charge on any atom is -0.481 e. The highest BCUT2D eigenvalue weighted by Gasteiger charge is 2.38. The number of likely N-dealkylation sites (tertiary alicyclic amines) is 1. The molecule has 1 atom stereocenters. The van der Waals surface area contributed by atoms with Crippen LogP contribution < -0.4 is 5.73 Å². The summed E-state index contributed by atoms with van der Waals surface area (Å²) in [6.07, 6.45) is 3.24. The highest BCUT2D eigenvalue weighted by Crippen LogP contribution is 2.37. The van der Waals surface area contributed by atoms with Gasteiger partial charge in [-0.3, -0.25) is 14.4 Å². The first-order chi connectivity index (χ1) is 11.3. The first-order valence-electron chi connectivity index (χ1n) is 7.91. The molecule has 128 valence electrons. The van der Waals surface area contributed by atoms with Gasteiger partial charge in [0.2, 0.25) is 0 Å². The van der Waals surface area contributed by atoms with E-state index in [1.54, 1.807) is 24.8 Å². The first kappa shape index (κ1) is 16.7. The van der Waals surface area contributed by atoms with Gasteiger partial charge in [0.15, 0.2) is 11.5 Å². The van der Waals surface area contributed by atoms with E-state index in [1.165, 1.54) is 17.4 Å². The number of thiophene rings is 1. The molecule has 0 saturated carbocycles. The number of amides is 2. The van der Waals surface area contributed by atoms with E-state index in [-0.39, 0.29) is 29.9 Å². The predicted molar refractivity (Wildman–Crippen MR) is 89.4 cm³/mol. The fraction of sp³-hybridized carbons (Fsp3) is 0.471. The molecule has 2 aliphatic heterocycles. The van der Waals surface area contributed by atoms with E-state index in [2.05, 4.69) is 0 Å². The molecular formula is C17H20N2O4S. The fourth-order valence-electron chi connectivity index (χ4n) is 3.20. The van der Waals surface area contributed by atoms with Crippen molar-refractivity contribution in [1.29, 1.82) is 0 Å². The third-order valence-corrected chi connectivity index (χ3v) is 5.40. The van der Waals surface area contributed by atoms with Crippen LogP contribution in [0.4, 0.5) is 0 Å². The summed E-state index contributed by atoms with van der Waals surface area (Å²) in [5, 5.41) is 0. The molecule has 3 rings (SSSR count). The van der Waals surface area contributed by atoms with E-state index in [9.17, 15) is 14.4 Å². The minimum absolute atomic E-state index is 0.0996. The molecule has 1 fully saturated rings. The van der Waals surface area contributed by atoms with Crippen molar-refractivity contribution in [2.75, 3.05) is 6.54 Å². The number of carbonyl (C=O) groups excluding carboxylic acids is 3. The predicted octanol–water partition coefficient (Wildman–Crippen LogP) is 2.16. The van der Waals surface area contributed by atoms with Gasteiger partial charge in [-0.25, -0.2) is 0 Å². The molecule has 3 heterocycles. The van der Waals surface area contributed by atoms with E-state index in [0.29, 0.717) is 11.4 Å². The maximum Gasteiger partial charge on any atom is 0.289 e. The van der Waals surface area contributed by atoms with Crippen LogP contribution >= 0.6 is 11.3 Å². The second-order valence-corrected chi connectivity index (χ2v) is 7.85. The Morgan fingerprint density at radius 3 is 2.75 bits per heavy atom. The smallest absolute Gasteiger partial charge is 0.289 e. The van der Waals surface area contributed by atoms with Crippen LogP contribution in [0.25, 0.3) is 0 Å². The molecule has 0 radical (unpaired) electrons. The highest BCUT2D eigenvalue weighted by atomic mass is 32.1. The summed E-state index contributed by atoms with van der Waals surface area (Å²) < 4.78 is 5.72. The maximum atomic E-state index is 12.9. The summed E-state index contributed by atoms with van der Waals surface area (Å²) in [7, 11) is 0. The number of primary amides is 1. The van der Waals surface area contributed by atoms with Crippen molar-refractivity contribution in [3.05, 3.63) is 33.7 Å². The van der Waals surface area contributed by atoms with Gasteiger partial charge in [-0.05, 0) is 38.8 Å². The van der Waals surface area contributed by atoms with E-state index >= 15 is 0 Å². The summed E-state index contributed by atoms with van der Waals surface area (Å²) in [6.45, 7) is 4.19. The van der Waals surface area contributed by atoms with Crippen molar-refractivity contribution in [1.82, 2.24) is 4.90 Å². The standard InChI is InChI=1S/C17H20N2O4S/c1-17(2)9-10(20)8-12(23-17)16(22)19-7-3-4-11(19)13-5-6-14(24-13)15(18)21/h5-6,8,11H,3-4,7,9H2,1-2H3,(H2,18,21). The zero-order valence-electron chi connectivity index (χ0n) is 13.7. The lowest BCUT2D eigenvalue weighted by Crippen LogP contribution is -2.39. The number of carbonyl (C=O) groups is 3. The normalized spacial score (nSPS) is 22.9. The second kappa shape index (κ2) is 6.05. The summed E-state index contributed by atoms with van der Waals surface area (Å²) in [5.74, 6) is -0.729. The van der Waals surface area contributed by atoms with Crippen LogP contribution in [0.5, 0.6) is 0 Å². The first-order valence-corrected chi connectivity index (χ1v) is 8.72. The molecular weight excluding hydrogens is 328 g/mol. The summed E-state index contributed by atoms with van der Waals surface area (Å²) in [6, 6.07) is 3.42. The lowest BCUT2D eigenvalue weighted by Gasteiger charge is -2.32. The van der Waals surface area contributed by atoms with E-state index < -0.39 is 11.5 Å². The number of nitrogens with zero attached hydrogens (tertiary/aromatic N) is 1. The van der Waals surface area contributed by atoms with E-state index in [0.717, 1.165) is 17.7 Å². The number of allylic oxidation sites excluding steroid dienone is 1. The van der Waals surface area contributed by atoms with Crippen LogP contribution in [-0.4, -0.2) is 34.6 Å². The number of hydrogen-bond donors (Lipinski definition) is 1. The minimum atomic E-state index is -0.673. The topological polar surface area (TPSA) is 89.7 Å². The third-order valence-electron chi connectivity index (χ3n) is 4.20. The summed E-state index contributed by atoms with van der Waals surface area (Å²) in [4.78, 5) is 39.1. The molecule has 0 aromatic carbocycles. The van der Waals surface area contributed by atoms with E-state index in [1.807, 2.05) is 6.07 Å². The Kier molecular flexibility index (Phi) is 4.21. The molecule has 1 aromatic rings. The zero-order valence-corrected chi connectivity index (χ0v) is 14.5. The van der Waals surface area contributed by atoms with Gasteiger partial charge in [0.1, 0.15) is 5.60 Å². The Labute approximate surface area is 144 Å². The Bertz CT molecular complexity index is 735. The SMILES string of the molecule is CC1(C)CC(=O)C=C(C(=O)N2CCCC2c2ccc(C(N)=O)s2)O1. The van der Waals surface area contributed by atoms with Gasteiger partial charge in [0.25, 0.3) is 11.8 Å². The van der Waals surface area contributed by atoms with Gasteiger partial charge in [-0.15, -0.1) is 11.3 Å². The van der Waals surface area contributed by atoms with Crippen LogP contribution in [0.15, 0.2) is 24.0 Å². The number of nitrogens with two attached hydrogens (primary N) is 1. The Morgan fingerprint density at radius 2 is 2.12 bits per heavy atom. The van der Waals surface area contributed by atoms with Crippen molar-refractivity contribution < 1.29 is 19.1 Å². The van der Waals surface area contributed by atoms with Gasteiger partial charge in [-0.2, -0.15) is 0 Å². The Balaban J connectivity index is 1.83. The van der Waals surface area contributed by atoms with Crippen molar-refractivity contribution in [2.45, 2.75) is 44.8 Å². The molecule has 6 nitrogen and oxygen atoms in total. The summed E-state index contributed by atoms with van der Waals surface area (Å²) >= 11 is 1.31. The fourth-order valence-corrected chi connectivity index (χ4v) is 4.20. The van der Waals surface area contributed by atoms with Gasteiger partial charge < -0.3 is 15.4 Å². The molecule has 1 aromatic heterocycles. The number of ketones is 1. The largest absolute Gasteiger partial charge is 0.481 e. The van der Waals surface area contributed by atoms with Gasteiger partial charge in [0, 0.05) is 23.9 Å². The number of hydrogen-bond acceptors (Lipinski definition) is 5. The average Bonchev–Trinajstić information content (AvgIpc) is 3.13. The molecule has 2 N–H and O–H groups in total. The Morgan fingerprint density at radius 1 is 1.38 bits per heavy atom. The molecule has 0 bridgehead atoms. The molecule has 0 aliphatic carbocycles. The van der Waals surface area contributed by atoms with Crippen LogP contribution in [0.2, 0.25) is 0 Å². The Hall–Kier alpha value is -2.15. The van der Waals surface area contributed by atoms with Crippen LogP contribution in [0.3, 0.4) is 0 Å². The molecule has 0 spiro atoms. The zero-order chi connectivity index (χ0) is 17.5. The van der Waals surface area contributed by atoms with Gasteiger partial charge in [-0.1, -0.05) is 0 Å². The second-order valence-electron chi connectivity index (χ2n) is 6.74. The lowest BCUT2D eigenvalue weighted by atomic mass is 9.98. The quantitative estimate of drug-likeness (QED) is 0.906. The third kappa shape index (κ3) is 3.21. The van der Waals surface area contributed by atoms with Crippen LogP contribution in [-0.2, 0) is 14.3 Å². The van der Waals surface area contributed by atoms with Crippen molar-refractivity contribution in [2.24, 2.45) is 5.73 Å². The maximum absolute atomic E-state index is 12.9. The molecule has 2 amide bonds. The summed E-state index contributed by atoms with van der Waals surface area (Å²) in [5.41, 5.74) is 4.63. The molecule has 2 aliphatic rings. The van der Waals surface area contributed by atoms with Crippen LogP contribution in [0.1, 0.15) is 53.7 Å². The van der Waals surface area contributed by atoms with Crippen LogP contribution in [0, 0.1) is 0 Å². The molecule has 1 unspecified atom stereocenters. The monoisotopic (exact) mass is 348 g/mol. The molecule has 24 heavy (non-hydrogen) atoms. The highest BCUT2D eigenvalue weighted by molar-refractivity contribution is 7.14. The van der Waals surface area contributed by atoms with Crippen molar-refractivity contribution >= 4 is 28.9 Å². The number of rotatable bonds is 3. The van der Waals surface area contributed by atoms with Crippen molar-refractivity contribution in [3.8, 4) is 0 Å². The van der Waals surface area contributed by atoms with E-state index in [4.69, 9.17) is 10.5 Å². The lowest BCUT2D eigenvalue weighted by molar-refractivity contribution is -0.138. The average molecular weight is 348 g/mol. The van der Waals surface area contributed by atoms with Gasteiger partial charge >= 0.3 is 0 Å².